The van der Waals surface area contributed by atoms with Crippen molar-refractivity contribution >= 4 is 5.91 Å². The van der Waals surface area contributed by atoms with Gasteiger partial charge in [0.1, 0.15) is 0 Å². The summed E-state index contributed by atoms with van der Waals surface area (Å²) in [5, 5.41) is 10.3. The minimum atomic E-state index is -0.590. The Labute approximate surface area is 129 Å². The van der Waals surface area contributed by atoms with E-state index in [1.807, 2.05) is 13.8 Å². The fourth-order valence-electron chi connectivity index (χ4n) is 3.75. The van der Waals surface area contributed by atoms with Crippen LogP contribution in [0.2, 0.25) is 0 Å². The van der Waals surface area contributed by atoms with Gasteiger partial charge in [-0.3, -0.25) is 9.69 Å². The number of amides is 1. The molecule has 0 aromatic carbocycles. The van der Waals surface area contributed by atoms with Gasteiger partial charge in [0.15, 0.2) is 0 Å². The van der Waals surface area contributed by atoms with Gasteiger partial charge in [0.25, 0.3) is 0 Å². The largest absolute Gasteiger partial charge is 0.387 e. The molecule has 21 heavy (non-hydrogen) atoms. The van der Waals surface area contributed by atoms with Crippen molar-refractivity contribution in [2.75, 3.05) is 19.6 Å². The molecule has 0 radical (unpaired) electrons. The highest BCUT2D eigenvalue weighted by molar-refractivity contribution is 5.79. The van der Waals surface area contributed by atoms with Crippen molar-refractivity contribution in [3.05, 3.63) is 0 Å². The third kappa shape index (κ3) is 3.78. The number of aliphatic hydroxyl groups is 1. The summed E-state index contributed by atoms with van der Waals surface area (Å²) in [5.41, 5.74) is -0.590. The minimum absolute atomic E-state index is 0.239. The van der Waals surface area contributed by atoms with E-state index in [0.717, 1.165) is 12.8 Å². The third-order valence-corrected chi connectivity index (χ3v) is 5.24. The van der Waals surface area contributed by atoms with E-state index in [9.17, 15) is 9.90 Å². The molecule has 122 valence electrons. The van der Waals surface area contributed by atoms with E-state index in [-0.39, 0.29) is 17.9 Å². The fourth-order valence-corrected chi connectivity index (χ4v) is 3.75. The van der Waals surface area contributed by atoms with Crippen LogP contribution in [0, 0.1) is 5.92 Å². The normalized spacial score (nSPS) is 23.4. The van der Waals surface area contributed by atoms with Gasteiger partial charge in [-0.2, -0.15) is 0 Å². The highest BCUT2D eigenvalue weighted by atomic mass is 16.3. The van der Waals surface area contributed by atoms with Gasteiger partial charge in [0.05, 0.1) is 12.1 Å². The molecule has 0 bridgehead atoms. The second-order valence-electron chi connectivity index (χ2n) is 7.59. The zero-order valence-corrected chi connectivity index (χ0v) is 14.1. The lowest BCUT2D eigenvalue weighted by atomic mass is 9.83. The molecular formula is C17H32N2O2. The Bertz CT molecular complexity index is 356. The molecule has 4 nitrogen and oxygen atoms in total. The number of carbonyl (C=O) groups is 1. The van der Waals surface area contributed by atoms with Crippen molar-refractivity contribution in [1.29, 1.82) is 0 Å². The smallest absolute Gasteiger partial charge is 0.237 e. The molecule has 1 aliphatic carbocycles. The summed E-state index contributed by atoms with van der Waals surface area (Å²) in [6.07, 6.45) is 6.11. The first-order chi connectivity index (χ1) is 9.83. The number of nitrogens with zero attached hydrogens (tertiary/aromatic N) is 2. The van der Waals surface area contributed by atoms with Crippen LogP contribution in [0.15, 0.2) is 0 Å². The maximum Gasteiger partial charge on any atom is 0.237 e. The minimum Gasteiger partial charge on any atom is -0.387 e. The summed E-state index contributed by atoms with van der Waals surface area (Å²) < 4.78 is 0. The van der Waals surface area contributed by atoms with Crippen LogP contribution in [0.5, 0.6) is 0 Å². The Kier molecular flexibility index (Phi) is 5.31. The van der Waals surface area contributed by atoms with Crippen LogP contribution in [-0.4, -0.2) is 58.1 Å². The average Bonchev–Trinajstić information content (AvgIpc) is 2.37. The van der Waals surface area contributed by atoms with E-state index < -0.39 is 5.60 Å². The zero-order valence-electron chi connectivity index (χ0n) is 14.1. The van der Waals surface area contributed by atoms with Crippen LogP contribution in [-0.2, 0) is 4.79 Å². The maximum absolute atomic E-state index is 12.7. The van der Waals surface area contributed by atoms with Crippen LogP contribution in [0.25, 0.3) is 0 Å². The second-order valence-corrected chi connectivity index (χ2v) is 7.59. The lowest BCUT2D eigenvalue weighted by Gasteiger charge is -2.49. The first kappa shape index (κ1) is 16.8. The topological polar surface area (TPSA) is 43.8 Å². The van der Waals surface area contributed by atoms with Crippen molar-refractivity contribution in [2.45, 2.75) is 77.5 Å². The summed E-state index contributed by atoms with van der Waals surface area (Å²) in [6, 6.07) is 0.697. The number of likely N-dealkylation sites (tertiary alicyclic amines) is 1. The Morgan fingerprint density at radius 1 is 1.19 bits per heavy atom. The molecule has 2 rings (SSSR count). The SMILES string of the molecule is CC(C)N(C(=O)CN1CC(O)(C(C)C)C1)C1CCCCC1. The van der Waals surface area contributed by atoms with Crippen LogP contribution < -0.4 is 0 Å². The fraction of sp³-hybridized carbons (Fsp3) is 0.941. The van der Waals surface area contributed by atoms with Crippen LogP contribution >= 0.6 is 0 Å². The predicted molar refractivity (Wildman–Crippen MR) is 85.1 cm³/mol. The van der Waals surface area contributed by atoms with Crippen molar-refractivity contribution in [3.63, 3.8) is 0 Å². The quantitative estimate of drug-likeness (QED) is 0.846. The number of rotatable bonds is 5. The van der Waals surface area contributed by atoms with Crippen molar-refractivity contribution in [2.24, 2.45) is 5.92 Å². The van der Waals surface area contributed by atoms with Gasteiger partial charge >= 0.3 is 0 Å². The Morgan fingerprint density at radius 3 is 2.24 bits per heavy atom. The molecule has 2 fully saturated rings. The van der Waals surface area contributed by atoms with Gasteiger partial charge in [-0.25, -0.2) is 0 Å². The summed E-state index contributed by atoms with van der Waals surface area (Å²) in [5.74, 6) is 0.492. The molecule has 1 N–H and O–H groups in total. The maximum atomic E-state index is 12.7. The summed E-state index contributed by atoms with van der Waals surface area (Å²) in [4.78, 5) is 16.9. The summed E-state index contributed by atoms with van der Waals surface area (Å²) >= 11 is 0. The second kappa shape index (κ2) is 6.66. The monoisotopic (exact) mass is 296 g/mol. The first-order valence-corrected chi connectivity index (χ1v) is 8.59. The molecule has 0 atom stereocenters. The molecule has 4 heteroatoms. The molecule has 1 amide bonds. The third-order valence-electron chi connectivity index (χ3n) is 5.24. The predicted octanol–water partition coefficient (Wildman–Crippen LogP) is 2.26. The molecule has 1 aliphatic heterocycles. The zero-order chi connectivity index (χ0) is 15.6. The van der Waals surface area contributed by atoms with E-state index >= 15 is 0 Å². The molecule has 1 saturated heterocycles. The number of hydrogen-bond donors (Lipinski definition) is 1. The van der Waals surface area contributed by atoms with Gasteiger partial charge in [-0.15, -0.1) is 0 Å². The summed E-state index contributed by atoms with van der Waals surface area (Å²) in [6.45, 7) is 10.0. The highest BCUT2D eigenvalue weighted by Crippen LogP contribution is 2.29. The van der Waals surface area contributed by atoms with E-state index in [1.54, 1.807) is 0 Å². The van der Waals surface area contributed by atoms with E-state index in [4.69, 9.17) is 0 Å². The van der Waals surface area contributed by atoms with Crippen molar-refractivity contribution in [1.82, 2.24) is 9.80 Å². The lowest BCUT2D eigenvalue weighted by Crippen LogP contribution is -2.66. The van der Waals surface area contributed by atoms with Gasteiger partial charge in [-0.05, 0) is 32.6 Å². The van der Waals surface area contributed by atoms with Crippen molar-refractivity contribution in [3.8, 4) is 0 Å². The number of hydrogen-bond acceptors (Lipinski definition) is 3. The molecule has 2 aliphatic rings. The van der Waals surface area contributed by atoms with Crippen LogP contribution in [0.1, 0.15) is 59.8 Å². The van der Waals surface area contributed by atoms with Crippen molar-refractivity contribution < 1.29 is 9.90 Å². The Balaban J connectivity index is 1.88. The van der Waals surface area contributed by atoms with Gasteiger partial charge in [-0.1, -0.05) is 33.1 Å². The summed E-state index contributed by atoms with van der Waals surface area (Å²) in [7, 11) is 0. The molecule has 0 aromatic heterocycles. The standard InChI is InChI=1S/C17H32N2O2/c1-13(2)17(21)11-18(12-17)10-16(20)19(14(3)4)15-8-6-5-7-9-15/h13-15,21H,5-12H2,1-4H3. The van der Waals surface area contributed by atoms with Crippen LogP contribution in [0.4, 0.5) is 0 Å². The number of β-amino-alcohol motifs (C(OH)–C–C–N with tert-alkyl or cyclic N) is 1. The van der Waals surface area contributed by atoms with Crippen LogP contribution in [0.3, 0.4) is 0 Å². The molecular weight excluding hydrogens is 264 g/mol. The molecule has 0 spiro atoms. The number of carbonyl (C=O) groups excluding carboxylic acids is 1. The van der Waals surface area contributed by atoms with E-state index in [0.29, 0.717) is 25.7 Å². The van der Waals surface area contributed by atoms with E-state index in [1.165, 1.54) is 19.3 Å². The highest BCUT2D eigenvalue weighted by Gasteiger charge is 2.44. The Morgan fingerprint density at radius 2 is 1.76 bits per heavy atom. The van der Waals surface area contributed by atoms with Gasteiger partial charge < -0.3 is 10.0 Å². The molecule has 1 saturated carbocycles. The average molecular weight is 296 g/mol. The Hall–Kier alpha value is -0.610. The van der Waals surface area contributed by atoms with E-state index in [2.05, 4.69) is 23.6 Å². The molecule has 1 heterocycles. The first-order valence-electron chi connectivity index (χ1n) is 8.59. The van der Waals surface area contributed by atoms with Gasteiger partial charge in [0.2, 0.25) is 5.91 Å². The van der Waals surface area contributed by atoms with Gasteiger partial charge in [0, 0.05) is 25.2 Å². The lowest BCUT2D eigenvalue weighted by molar-refractivity contribution is -0.152. The molecule has 0 aromatic rings. The molecule has 0 unspecified atom stereocenters.